The van der Waals surface area contributed by atoms with Crippen LogP contribution in [0.1, 0.15) is 46.8 Å². The number of carbonyl (C=O) groups is 2. The monoisotopic (exact) mass is 385 g/mol. The van der Waals surface area contributed by atoms with Gasteiger partial charge in [0.05, 0.1) is 17.0 Å². The molecule has 2 atom stereocenters. The maximum absolute atomic E-state index is 12.2. The minimum Gasteiger partial charge on any atom is -0.451 e. The standard InChI is InChI=1S/C17H23NO5S2/c1-11-3-4-13-12(7-11)8-14(24-13)16(20)23-9-15(19)18-17(2)5-6-25(21,22)10-17/h8,11H,3-7,9-10H2,1-2H3,(H,18,19)/t11-,17-/m1/s1. The highest BCUT2D eigenvalue weighted by Crippen LogP contribution is 2.32. The third kappa shape index (κ3) is 4.41. The van der Waals surface area contributed by atoms with Crippen LogP contribution in [-0.4, -0.2) is 43.9 Å². The van der Waals surface area contributed by atoms with Crippen LogP contribution in [0.4, 0.5) is 0 Å². The number of hydrogen-bond donors (Lipinski definition) is 1. The summed E-state index contributed by atoms with van der Waals surface area (Å²) in [6.45, 7) is 3.51. The summed E-state index contributed by atoms with van der Waals surface area (Å²) >= 11 is 1.44. The highest BCUT2D eigenvalue weighted by molar-refractivity contribution is 7.91. The molecule has 1 aromatic rings. The number of fused-ring (bicyclic) bond motifs is 1. The minimum absolute atomic E-state index is 0.0722. The highest BCUT2D eigenvalue weighted by atomic mass is 32.2. The molecule has 0 bridgehead atoms. The van der Waals surface area contributed by atoms with E-state index in [1.807, 2.05) is 6.07 Å². The van der Waals surface area contributed by atoms with E-state index < -0.39 is 33.9 Å². The average molecular weight is 386 g/mol. The van der Waals surface area contributed by atoms with Crippen molar-refractivity contribution in [3.8, 4) is 0 Å². The molecule has 0 radical (unpaired) electrons. The van der Waals surface area contributed by atoms with E-state index in [4.69, 9.17) is 4.74 Å². The van der Waals surface area contributed by atoms with Crippen LogP contribution in [0.15, 0.2) is 6.07 Å². The minimum atomic E-state index is -3.10. The van der Waals surface area contributed by atoms with E-state index in [9.17, 15) is 18.0 Å². The lowest BCUT2D eigenvalue weighted by Gasteiger charge is -2.23. The number of amides is 1. The van der Waals surface area contributed by atoms with E-state index in [0.29, 0.717) is 17.2 Å². The zero-order valence-electron chi connectivity index (χ0n) is 14.5. The van der Waals surface area contributed by atoms with Crippen LogP contribution in [0.3, 0.4) is 0 Å². The number of rotatable bonds is 4. The summed E-state index contributed by atoms with van der Waals surface area (Å²) < 4.78 is 28.2. The van der Waals surface area contributed by atoms with Gasteiger partial charge in [-0.05, 0) is 50.2 Å². The molecule has 25 heavy (non-hydrogen) atoms. The smallest absolute Gasteiger partial charge is 0.348 e. The van der Waals surface area contributed by atoms with Crippen molar-refractivity contribution >= 4 is 33.1 Å². The first-order chi connectivity index (χ1) is 11.7. The predicted molar refractivity (Wildman–Crippen MR) is 95.6 cm³/mol. The van der Waals surface area contributed by atoms with Gasteiger partial charge in [0, 0.05) is 4.88 Å². The van der Waals surface area contributed by atoms with Crippen molar-refractivity contribution in [3.05, 3.63) is 21.4 Å². The van der Waals surface area contributed by atoms with Crippen molar-refractivity contribution < 1.29 is 22.7 Å². The zero-order chi connectivity index (χ0) is 18.2. The largest absolute Gasteiger partial charge is 0.451 e. The van der Waals surface area contributed by atoms with Crippen molar-refractivity contribution in [2.45, 2.75) is 45.1 Å². The van der Waals surface area contributed by atoms with Crippen molar-refractivity contribution in [2.75, 3.05) is 18.1 Å². The molecule has 0 aromatic carbocycles. The number of aryl methyl sites for hydroxylation is 1. The Morgan fingerprint density at radius 3 is 2.88 bits per heavy atom. The summed E-state index contributed by atoms with van der Waals surface area (Å²) in [7, 11) is -3.10. The summed E-state index contributed by atoms with van der Waals surface area (Å²) in [5.74, 6) is -0.340. The molecule has 1 aromatic heterocycles. The topological polar surface area (TPSA) is 89.5 Å². The van der Waals surface area contributed by atoms with Gasteiger partial charge in [0.25, 0.3) is 5.91 Å². The molecular formula is C17H23NO5S2. The van der Waals surface area contributed by atoms with E-state index in [0.717, 1.165) is 19.3 Å². The van der Waals surface area contributed by atoms with Crippen LogP contribution < -0.4 is 5.32 Å². The van der Waals surface area contributed by atoms with Gasteiger partial charge in [-0.1, -0.05) is 6.92 Å². The van der Waals surface area contributed by atoms with E-state index in [1.54, 1.807) is 6.92 Å². The summed E-state index contributed by atoms with van der Waals surface area (Å²) in [5.41, 5.74) is 0.435. The lowest BCUT2D eigenvalue weighted by Crippen LogP contribution is -2.48. The third-order valence-corrected chi connectivity index (χ3v) is 7.93. The summed E-state index contributed by atoms with van der Waals surface area (Å²) in [6, 6.07) is 1.88. The van der Waals surface area contributed by atoms with Crippen molar-refractivity contribution in [3.63, 3.8) is 0 Å². The molecule has 0 unspecified atom stereocenters. The number of nitrogens with one attached hydrogen (secondary N) is 1. The maximum Gasteiger partial charge on any atom is 0.348 e. The van der Waals surface area contributed by atoms with Crippen LogP contribution in [0.25, 0.3) is 0 Å². The van der Waals surface area contributed by atoms with Gasteiger partial charge in [-0.3, -0.25) is 4.79 Å². The Bertz CT molecular complexity index is 798. The second-order valence-corrected chi connectivity index (χ2v) is 10.8. The third-order valence-electron chi connectivity index (χ3n) is 4.81. The molecule has 0 spiro atoms. The van der Waals surface area contributed by atoms with Crippen LogP contribution in [0, 0.1) is 5.92 Å². The molecule has 1 saturated heterocycles. The zero-order valence-corrected chi connectivity index (χ0v) is 16.1. The molecule has 1 aliphatic heterocycles. The highest BCUT2D eigenvalue weighted by Gasteiger charge is 2.39. The number of sulfone groups is 1. The Morgan fingerprint density at radius 1 is 1.44 bits per heavy atom. The lowest BCUT2D eigenvalue weighted by molar-refractivity contribution is -0.125. The molecule has 2 aliphatic rings. The van der Waals surface area contributed by atoms with Crippen LogP contribution in [0.5, 0.6) is 0 Å². The van der Waals surface area contributed by atoms with Crippen LogP contribution >= 0.6 is 11.3 Å². The SMILES string of the molecule is C[C@@H]1CCc2sc(C(=O)OCC(=O)N[C@]3(C)CCS(=O)(=O)C3)cc2C1. The van der Waals surface area contributed by atoms with E-state index >= 15 is 0 Å². The molecule has 6 nitrogen and oxygen atoms in total. The average Bonchev–Trinajstić information content (AvgIpc) is 3.04. The Balaban J connectivity index is 1.53. The molecule has 138 valence electrons. The molecular weight excluding hydrogens is 362 g/mol. The first kappa shape index (κ1) is 18.4. The fourth-order valence-corrected chi connectivity index (χ4v) is 6.69. The van der Waals surface area contributed by atoms with Gasteiger partial charge < -0.3 is 10.1 Å². The molecule has 2 heterocycles. The molecule has 3 rings (SSSR count). The molecule has 1 N–H and O–H groups in total. The van der Waals surface area contributed by atoms with E-state index in [2.05, 4.69) is 12.2 Å². The van der Waals surface area contributed by atoms with Crippen LogP contribution in [-0.2, 0) is 32.2 Å². The van der Waals surface area contributed by atoms with Crippen molar-refractivity contribution in [1.29, 1.82) is 0 Å². The van der Waals surface area contributed by atoms with Gasteiger partial charge in [-0.25, -0.2) is 13.2 Å². The number of hydrogen-bond acceptors (Lipinski definition) is 6. The van der Waals surface area contributed by atoms with Gasteiger partial charge >= 0.3 is 5.97 Å². The van der Waals surface area contributed by atoms with E-state index in [-0.39, 0.29) is 11.5 Å². The summed E-state index contributed by atoms with van der Waals surface area (Å²) in [4.78, 5) is 26.0. The van der Waals surface area contributed by atoms with Crippen LogP contribution in [0.2, 0.25) is 0 Å². The Labute approximate surface area is 151 Å². The Hall–Kier alpha value is -1.41. The number of carbonyl (C=O) groups excluding carboxylic acids is 2. The summed E-state index contributed by atoms with van der Waals surface area (Å²) in [6.07, 6.45) is 3.48. The number of ether oxygens (including phenoxy) is 1. The normalized spacial score (nSPS) is 27.5. The number of esters is 1. The van der Waals surface area contributed by atoms with Gasteiger partial charge in [-0.2, -0.15) is 0 Å². The number of thiophene rings is 1. The maximum atomic E-state index is 12.2. The first-order valence-electron chi connectivity index (χ1n) is 8.46. The summed E-state index contributed by atoms with van der Waals surface area (Å²) in [5, 5.41) is 2.68. The predicted octanol–water partition coefficient (Wildman–Crippen LogP) is 1.72. The molecule has 1 amide bonds. The fraction of sp³-hybridized carbons (Fsp3) is 0.647. The second-order valence-electron chi connectivity index (χ2n) is 7.43. The molecule has 1 aliphatic carbocycles. The molecule has 8 heteroatoms. The van der Waals surface area contributed by atoms with Gasteiger partial charge in [0.1, 0.15) is 4.88 Å². The van der Waals surface area contributed by atoms with Gasteiger partial charge in [0.15, 0.2) is 16.4 Å². The molecule has 0 saturated carbocycles. The van der Waals surface area contributed by atoms with Crippen molar-refractivity contribution in [2.24, 2.45) is 5.92 Å². The fourth-order valence-electron chi connectivity index (χ4n) is 3.49. The Kier molecular flexibility index (Phi) is 4.94. The molecule has 1 fully saturated rings. The Morgan fingerprint density at radius 2 is 2.20 bits per heavy atom. The quantitative estimate of drug-likeness (QED) is 0.797. The second kappa shape index (κ2) is 6.72. The van der Waals surface area contributed by atoms with Gasteiger partial charge in [0.2, 0.25) is 0 Å². The first-order valence-corrected chi connectivity index (χ1v) is 11.1. The van der Waals surface area contributed by atoms with Gasteiger partial charge in [-0.15, -0.1) is 11.3 Å². The van der Waals surface area contributed by atoms with E-state index in [1.165, 1.54) is 21.8 Å². The van der Waals surface area contributed by atoms with Crippen molar-refractivity contribution in [1.82, 2.24) is 5.32 Å². The lowest BCUT2D eigenvalue weighted by atomic mass is 9.90.